The highest BCUT2D eigenvalue weighted by Gasteiger charge is 2.21. The Morgan fingerprint density at radius 1 is 1.60 bits per heavy atom. The highest BCUT2D eigenvalue weighted by atomic mass is 19.1. The fourth-order valence-electron chi connectivity index (χ4n) is 0.930. The van der Waals surface area contributed by atoms with E-state index in [1.54, 1.807) is 24.1 Å². The normalized spacial score (nSPS) is 12.0. The first-order valence-electron chi connectivity index (χ1n) is 3.17. The zero-order valence-corrected chi connectivity index (χ0v) is 6.43. The maximum absolute atomic E-state index is 13.2. The van der Waals surface area contributed by atoms with Gasteiger partial charge in [-0.05, 0) is 13.8 Å². The summed E-state index contributed by atoms with van der Waals surface area (Å²) in [4.78, 5) is 3.81. The second-order valence-electron chi connectivity index (χ2n) is 2.86. The molecule has 0 atom stereocenters. The molecule has 0 unspecified atom stereocenters. The Balaban J connectivity index is 3.05. The molecule has 0 aliphatic heterocycles. The van der Waals surface area contributed by atoms with E-state index in [4.69, 9.17) is 0 Å². The van der Waals surface area contributed by atoms with E-state index in [0.717, 1.165) is 0 Å². The van der Waals surface area contributed by atoms with Gasteiger partial charge < -0.3 is 4.57 Å². The number of rotatable bonds is 1. The van der Waals surface area contributed by atoms with Crippen molar-refractivity contribution in [3.05, 3.63) is 18.2 Å². The summed E-state index contributed by atoms with van der Waals surface area (Å²) in [7, 11) is 1.78. The summed E-state index contributed by atoms with van der Waals surface area (Å²) < 4.78 is 14.8. The molecule has 0 amide bonds. The largest absolute Gasteiger partial charge is 0.335 e. The van der Waals surface area contributed by atoms with E-state index < -0.39 is 5.67 Å². The van der Waals surface area contributed by atoms with Gasteiger partial charge in [0.25, 0.3) is 0 Å². The van der Waals surface area contributed by atoms with E-state index in [-0.39, 0.29) is 0 Å². The summed E-state index contributed by atoms with van der Waals surface area (Å²) in [6.45, 7) is 3.04. The van der Waals surface area contributed by atoms with Crippen molar-refractivity contribution in [1.29, 1.82) is 0 Å². The highest BCUT2D eigenvalue weighted by molar-refractivity contribution is 5.06. The molecule has 0 aliphatic carbocycles. The summed E-state index contributed by atoms with van der Waals surface area (Å²) >= 11 is 0. The van der Waals surface area contributed by atoms with Gasteiger partial charge in [-0.15, -0.1) is 0 Å². The van der Waals surface area contributed by atoms with Crippen molar-refractivity contribution in [1.82, 2.24) is 9.55 Å². The van der Waals surface area contributed by atoms with E-state index in [2.05, 4.69) is 4.98 Å². The average Bonchev–Trinajstić information content (AvgIpc) is 2.11. The maximum Gasteiger partial charge on any atom is 0.146 e. The fraction of sp³-hybridized carbons (Fsp3) is 0.571. The van der Waals surface area contributed by atoms with E-state index >= 15 is 0 Å². The van der Waals surface area contributed by atoms with Crippen molar-refractivity contribution in [2.45, 2.75) is 19.5 Å². The zero-order chi connectivity index (χ0) is 7.78. The molecule has 0 spiro atoms. The summed E-state index contributed by atoms with van der Waals surface area (Å²) in [5, 5.41) is 0. The lowest BCUT2D eigenvalue weighted by Gasteiger charge is -2.13. The molecule has 0 N–H and O–H groups in total. The summed E-state index contributed by atoms with van der Waals surface area (Å²) in [6.07, 6.45) is 3.14. The van der Waals surface area contributed by atoms with Gasteiger partial charge in [-0.1, -0.05) is 0 Å². The standard InChI is InChI=1S/C7H11FN2/c1-7(2,8)6-4-9-5-10(6)3/h4-5H,1-3H3. The lowest BCUT2D eigenvalue weighted by atomic mass is 10.1. The van der Waals surface area contributed by atoms with Gasteiger partial charge in [0, 0.05) is 7.05 Å². The minimum absolute atomic E-state index is 0.604. The van der Waals surface area contributed by atoms with Crippen molar-refractivity contribution in [3.63, 3.8) is 0 Å². The molecule has 1 aromatic heterocycles. The Morgan fingerprint density at radius 2 is 2.20 bits per heavy atom. The van der Waals surface area contributed by atoms with Gasteiger partial charge >= 0.3 is 0 Å². The molecule has 0 aliphatic rings. The lowest BCUT2D eigenvalue weighted by Crippen LogP contribution is -2.13. The molecule has 1 heterocycles. The molecule has 0 fully saturated rings. The molecule has 0 aromatic carbocycles. The third-order valence-electron chi connectivity index (χ3n) is 1.43. The first-order chi connectivity index (χ1) is 4.52. The quantitative estimate of drug-likeness (QED) is 0.582. The van der Waals surface area contributed by atoms with Crippen LogP contribution in [-0.4, -0.2) is 9.55 Å². The minimum Gasteiger partial charge on any atom is -0.335 e. The third kappa shape index (κ3) is 1.17. The molecule has 0 saturated heterocycles. The lowest BCUT2D eigenvalue weighted by molar-refractivity contribution is 0.209. The van der Waals surface area contributed by atoms with Crippen LogP contribution in [0.4, 0.5) is 4.39 Å². The topological polar surface area (TPSA) is 17.8 Å². The Hall–Kier alpha value is -0.860. The van der Waals surface area contributed by atoms with Crippen LogP contribution in [0.1, 0.15) is 19.5 Å². The molecule has 0 bridgehead atoms. The number of halogens is 1. The molecule has 0 saturated carbocycles. The maximum atomic E-state index is 13.2. The van der Waals surface area contributed by atoms with Crippen LogP contribution in [0.5, 0.6) is 0 Å². The predicted molar refractivity (Wildman–Crippen MR) is 37.3 cm³/mol. The van der Waals surface area contributed by atoms with Crippen LogP contribution in [0.3, 0.4) is 0 Å². The van der Waals surface area contributed by atoms with Crippen LogP contribution in [-0.2, 0) is 12.7 Å². The average molecular weight is 142 g/mol. The Bertz CT molecular complexity index is 222. The van der Waals surface area contributed by atoms with Crippen molar-refractivity contribution in [2.75, 3.05) is 0 Å². The first kappa shape index (κ1) is 7.25. The predicted octanol–water partition coefficient (Wildman–Crippen LogP) is 1.62. The highest BCUT2D eigenvalue weighted by Crippen LogP contribution is 2.22. The number of aryl methyl sites for hydroxylation is 1. The second-order valence-corrected chi connectivity index (χ2v) is 2.86. The van der Waals surface area contributed by atoms with Gasteiger partial charge in [-0.3, -0.25) is 0 Å². The number of alkyl halides is 1. The van der Waals surface area contributed by atoms with Crippen molar-refractivity contribution < 1.29 is 4.39 Å². The van der Waals surface area contributed by atoms with E-state index in [1.165, 1.54) is 13.8 Å². The number of hydrogen-bond donors (Lipinski definition) is 0. The van der Waals surface area contributed by atoms with Gasteiger partial charge in [-0.25, -0.2) is 9.37 Å². The van der Waals surface area contributed by atoms with Crippen molar-refractivity contribution in [2.24, 2.45) is 7.05 Å². The SMILES string of the molecule is Cn1cncc1C(C)(C)F. The molecular formula is C7H11FN2. The molecule has 56 valence electrons. The van der Waals surface area contributed by atoms with Crippen LogP contribution in [0.25, 0.3) is 0 Å². The number of aromatic nitrogens is 2. The van der Waals surface area contributed by atoms with Crippen LogP contribution in [0, 0.1) is 0 Å². The van der Waals surface area contributed by atoms with Gasteiger partial charge in [-0.2, -0.15) is 0 Å². The zero-order valence-electron chi connectivity index (χ0n) is 6.43. The van der Waals surface area contributed by atoms with Crippen LogP contribution < -0.4 is 0 Å². The third-order valence-corrected chi connectivity index (χ3v) is 1.43. The molecule has 10 heavy (non-hydrogen) atoms. The summed E-state index contributed by atoms with van der Waals surface area (Å²) in [5.74, 6) is 0. The number of hydrogen-bond acceptors (Lipinski definition) is 1. The first-order valence-corrected chi connectivity index (χ1v) is 3.17. The fourth-order valence-corrected chi connectivity index (χ4v) is 0.930. The van der Waals surface area contributed by atoms with Crippen molar-refractivity contribution in [3.8, 4) is 0 Å². The van der Waals surface area contributed by atoms with Crippen molar-refractivity contribution >= 4 is 0 Å². The van der Waals surface area contributed by atoms with E-state index in [0.29, 0.717) is 5.69 Å². The number of imidazole rings is 1. The molecule has 1 aromatic rings. The van der Waals surface area contributed by atoms with E-state index in [9.17, 15) is 4.39 Å². The minimum atomic E-state index is -1.29. The van der Waals surface area contributed by atoms with Gasteiger partial charge in [0.05, 0.1) is 18.2 Å². The summed E-state index contributed by atoms with van der Waals surface area (Å²) in [5.41, 5.74) is -0.682. The molecular weight excluding hydrogens is 131 g/mol. The molecule has 0 radical (unpaired) electrons. The monoisotopic (exact) mass is 142 g/mol. The van der Waals surface area contributed by atoms with E-state index in [1.807, 2.05) is 0 Å². The van der Waals surface area contributed by atoms with Crippen LogP contribution in [0.2, 0.25) is 0 Å². The Labute approximate surface area is 59.7 Å². The molecule has 1 rings (SSSR count). The van der Waals surface area contributed by atoms with Gasteiger partial charge in [0.2, 0.25) is 0 Å². The second kappa shape index (κ2) is 2.08. The van der Waals surface area contributed by atoms with Crippen LogP contribution >= 0.6 is 0 Å². The van der Waals surface area contributed by atoms with Gasteiger partial charge in [0.1, 0.15) is 5.67 Å². The Morgan fingerprint density at radius 3 is 2.40 bits per heavy atom. The van der Waals surface area contributed by atoms with Crippen LogP contribution in [0.15, 0.2) is 12.5 Å². The molecule has 3 heteroatoms. The number of nitrogens with zero attached hydrogens (tertiary/aromatic N) is 2. The Kier molecular flexibility index (Phi) is 1.50. The smallest absolute Gasteiger partial charge is 0.146 e. The van der Waals surface area contributed by atoms with Gasteiger partial charge in [0.15, 0.2) is 0 Å². The summed E-state index contributed by atoms with van der Waals surface area (Å²) in [6, 6.07) is 0. The molecule has 2 nitrogen and oxygen atoms in total.